The van der Waals surface area contributed by atoms with Crippen LogP contribution < -0.4 is 5.32 Å². The fraction of sp³-hybridized carbons (Fsp3) is 0.267. The van der Waals surface area contributed by atoms with Crippen LogP contribution in [0.3, 0.4) is 0 Å². The molecule has 0 radical (unpaired) electrons. The van der Waals surface area contributed by atoms with E-state index in [1.54, 1.807) is 17.4 Å². The molecule has 0 saturated heterocycles. The lowest BCUT2D eigenvalue weighted by atomic mass is 10.1. The van der Waals surface area contributed by atoms with E-state index in [0.717, 1.165) is 6.42 Å². The summed E-state index contributed by atoms with van der Waals surface area (Å²) >= 11 is 4.95. The first kappa shape index (κ1) is 15.2. The molecule has 106 valence electrons. The van der Waals surface area contributed by atoms with E-state index >= 15 is 0 Å². The van der Waals surface area contributed by atoms with Crippen molar-refractivity contribution in [2.45, 2.75) is 26.3 Å². The summed E-state index contributed by atoms with van der Waals surface area (Å²) in [4.78, 5) is 14.5. The van der Waals surface area contributed by atoms with Gasteiger partial charge in [-0.1, -0.05) is 15.9 Å². The zero-order chi connectivity index (χ0) is 14.7. The molecule has 0 aliphatic heterocycles. The lowest BCUT2D eigenvalue weighted by molar-refractivity contribution is 0.0936. The van der Waals surface area contributed by atoms with E-state index in [-0.39, 0.29) is 17.5 Å². The fourth-order valence-electron chi connectivity index (χ4n) is 1.92. The van der Waals surface area contributed by atoms with Gasteiger partial charge < -0.3 is 5.32 Å². The van der Waals surface area contributed by atoms with Crippen LogP contribution in [0.4, 0.5) is 4.39 Å². The van der Waals surface area contributed by atoms with Crippen LogP contribution in [0.15, 0.2) is 34.8 Å². The molecule has 1 heterocycles. The third-order valence-corrected chi connectivity index (χ3v) is 4.37. The molecule has 0 aliphatic rings. The molecular formula is C15H15BrFNOS. The first-order valence-corrected chi connectivity index (χ1v) is 7.88. The van der Waals surface area contributed by atoms with Crippen LogP contribution in [-0.4, -0.2) is 11.9 Å². The molecule has 2 nitrogen and oxygen atoms in total. The monoisotopic (exact) mass is 355 g/mol. The summed E-state index contributed by atoms with van der Waals surface area (Å²) in [5.74, 6) is -0.894. The molecule has 0 bridgehead atoms. The molecule has 1 N–H and O–H groups in total. The standard InChI is InChI=1S/C15H15BrFNOS/c1-9(7-12-5-3-10(2)20-12)18-15(19)13-8-11(16)4-6-14(13)17/h3-6,8-9H,7H2,1-2H3,(H,18,19). The second kappa shape index (κ2) is 6.50. The Morgan fingerprint density at radius 1 is 1.40 bits per heavy atom. The summed E-state index contributed by atoms with van der Waals surface area (Å²) in [7, 11) is 0. The molecule has 2 rings (SSSR count). The maximum absolute atomic E-state index is 13.6. The van der Waals surface area contributed by atoms with Gasteiger partial charge in [-0.05, 0) is 44.2 Å². The number of carbonyl (C=O) groups is 1. The molecule has 1 atom stereocenters. The van der Waals surface area contributed by atoms with E-state index in [4.69, 9.17) is 0 Å². The van der Waals surface area contributed by atoms with Gasteiger partial charge in [0.15, 0.2) is 0 Å². The molecule has 0 spiro atoms. The molecule has 20 heavy (non-hydrogen) atoms. The predicted octanol–water partition coefficient (Wildman–Crippen LogP) is 4.32. The normalized spacial score (nSPS) is 12.2. The highest BCUT2D eigenvalue weighted by Gasteiger charge is 2.15. The third kappa shape index (κ3) is 3.90. The van der Waals surface area contributed by atoms with Crippen molar-refractivity contribution in [3.63, 3.8) is 0 Å². The number of halogens is 2. The van der Waals surface area contributed by atoms with Crippen LogP contribution in [-0.2, 0) is 6.42 Å². The van der Waals surface area contributed by atoms with E-state index in [0.29, 0.717) is 4.47 Å². The van der Waals surface area contributed by atoms with Crippen molar-refractivity contribution in [3.8, 4) is 0 Å². The number of hydrogen-bond donors (Lipinski definition) is 1. The Bertz CT molecular complexity index is 626. The van der Waals surface area contributed by atoms with Gasteiger partial charge in [-0.25, -0.2) is 4.39 Å². The Morgan fingerprint density at radius 3 is 2.80 bits per heavy atom. The maximum atomic E-state index is 13.6. The quantitative estimate of drug-likeness (QED) is 0.869. The largest absolute Gasteiger partial charge is 0.349 e. The minimum Gasteiger partial charge on any atom is -0.349 e. The number of rotatable bonds is 4. The van der Waals surface area contributed by atoms with Crippen LogP contribution in [0.25, 0.3) is 0 Å². The Morgan fingerprint density at radius 2 is 2.15 bits per heavy atom. The van der Waals surface area contributed by atoms with Gasteiger partial charge >= 0.3 is 0 Å². The summed E-state index contributed by atoms with van der Waals surface area (Å²) in [6, 6.07) is 8.42. The molecule has 1 aromatic carbocycles. The topological polar surface area (TPSA) is 29.1 Å². The van der Waals surface area contributed by atoms with E-state index in [1.807, 2.05) is 13.8 Å². The van der Waals surface area contributed by atoms with Crippen LogP contribution in [0, 0.1) is 12.7 Å². The zero-order valence-corrected chi connectivity index (χ0v) is 13.6. The number of hydrogen-bond acceptors (Lipinski definition) is 2. The fourth-order valence-corrected chi connectivity index (χ4v) is 3.30. The Labute approximate surface area is 130 Å². The van der Waals surface area contributed by atoms with Crippen LogP contribution in [0.2, 0.25) is 0 Å². The van der Waals surface area contributed by atoms with Crippen LogP contribution in [0.1, 0.15) is 27.0 Å². The minimum absolute atomic E-state index is 0.0427. The Balaban J connectivity index is 2.02. The van der Waals surface area contributed by atoms with Gasteiger partial charge in [-0.3, -0.25) is 4.79 Å². The van der Waals surface area contributed by atoms with Gasteiger partial charge in [0.25, 0.3) is 5.91 Å². The van der Waals surface area contributed by atoms with Crippen molar-refractivity contribution in [3.05, 3.63) is 55.9 Å². The summed E-state index contributed by atoms with van der Waals surface area (Å²) in [5, 5.41) is 2.83. The molecule has 0 saturated carbocycles. The molecule has 1 aromatic heterocycles. The van der Waals surface area contributed by atoms with Gasteiger partial charge in [0, 0.05) is 26.7 Å². The summed E-state index contributed by atoms with van der Waals surface area (Å²) < 4.78 is 14.3. The van der Waals surface area contributed by atoms with E-state index < -0.39 is 5.82 Å². The van der Waals surface area contributed by atoms with Crippen molar-refractivity contribution in [1.29, 1.82) is 0 Å². The smallest absolute Gasteiger partial charge is 0.254 e. The van der Waals surface area contributed by atoms with E-state index in [1.165, 1.54) is 21.9 Å². The second-order valence-electron chi connectivity index (χ2n) is 4.72. The molecule has 2 aromatic rings. The zero-order valence-electron chi connectivity index (χ0n) is 11.2. The van der Waals surface area contributed by atoms with Gasteiger partial charge in [-0.15, -0.1) is 11.3 Å². The van der Waals surface area contributed by atoms with Gasteiger partial charge in [0.2, 0.25) is 0 Å². The van der Waals surface area contributed by atoms with Crippen molar-refractivity contribution in [2.75, 3.05) is 0 Å². The number of benzene rings is 1. The number of thiophene rings is 1. The van der Waals surface area contributed by atoms with Crippen LogP contribution >= 0.6 is 27.3 Å². The Hall–Kier alpha value is -1.20. The predicted molar refractivity (Wildman–Crippen MR) is 83.8 cm³/mol. The summed E-state index contributed by atoms with van der Waals surface area (Å²) in [6.45, 7) is 3.97. The summed E-state index contributed by atoms with van der Waals surface area (Å²) in [6.07, 6.45) is 0.750. The van der Waals surface area contributed by atoms with Gasteiger partial charge in [-0.2, -0.15) is 0 Å². The SMILES string of the molecule is Cc1ccc(CC(C)NC(=O)c2cc(Br)ccc2F)s1. The first-order valence-electron chi connectivity index (χ1n) is 6.27. The van der Waals surface area contributed by atoms with Crippen molar-refractivity contribution < 1.29 is 9.18 Å². The van der Waals surface area contributed by atoms with E-state index in [9.17, 15) is 9.18 Å². The highest BCUT2D eigenvalue weighted by atomic mass is 79.9. The molecular weight excluding hydrogens is 341 g/mol. The Kier molecular flexibility index (Phi) is 4.94. The summed E-state index contributed by atoms with van der Waals surface area (Å²) in [5.41, 5.74) is 0.0635. The molecule has 0 aliphatic carbocycles. The lowest BCUT2D eigenvalue weighted by Crippen LogP contribution is -2.34. The highest BCUT2D eigenvalue weighted by molar-refractivity contribution is 9.10. The molecule has 1 amide bonds. The number of aryl methyl sites for hydroxylation is 1. The maximum Gasteiger partial charge on any atom is 0.254 e. The molecule has 1 unspecified atom stereocenters. The number of amides is 1. The van der Waals surface area contributed by atoms with Gasteiger partial charge in [0.1, 0.15) is 5.82 Å². The number of carbonyl (C=O) groups excluding carboxylic acids is 1. The average Bonchev–Trinajstić information content (AvgIpc) is 2.77. The lowest BCUT2D eigenvalue weighted by Gasteiger charge is -2.13. The van der Waals surface area contributed by atoms with E-state index in [2.05, 4.69) is 33.4 Å². The molecule has 5 heteroatoms. The minimum atomic E-state index is -0.509. The second-order valence-corrected chi connectivity index (χ2v) is 7.00. The van der Waals surface area contributed by atoms with Crippen LogP contribution in [0.5, 0.6) is 0 Å². The highest BCUT2D eigenvalue weighted by Crippen LogP contribution is 2.18. The van der Waals surface area contributed by atoms with Crippen molar-refractivity contribution in [2.24, 2.45) is 0 Å². The third-order valence-electron chi connectivity index (χ3n) is 2.85. The van der Waals surface area contributed by atoms with Crippen molar-refractivity contribution >= 4 is 33.2 Å². The van der Waals surface area contributed by atoms with Crippen molar-refractivity contribution in [1.82, 2.24) is 5.32 Å². The average molecular weight is 356 g/mol. The molecule has 0 fully saturated rings. The van der Waals surface area contributed by atoms with Gasteiger partial charge in [0.05, 0.1) is 5.56 Å². The first-order chi connectivity index (χ1) is 9.45. The number of nitrogens with one attached hydrogen (secondary N) is 1.